The summed E-state index contributed by atoms with van der Waals surface area (Å²) in [6.45, 7) is 3.30. The number of carbonyl (C=O) groups is 1. The predicted octanol–water partition coefficient (Wildman–Crippen LogP) is 2.00. The third kappa shape index (κ3) is 3.03. The highest BCUT2D eigenvalue weighted by atomic mass is 19.1. The quantitative estimate of drug-likeness (QED) is 0.797. The fraction of sp³-hybridized carbons (Fsp3) is 0.417. The maximum atomic E-state index is 13.2. The zero-order chi connectivity index (χ0) is 12.2. The molecule has 4 heteroatoms. The summed E-state index contributed by atoms with van der Waals surface area (Å²) in [6.07, 6.45) is 0.475. The number of hydrogen-bond acceptors (Lipinski definition) is 3. The van der Waals surface area contributed by atoms with Crippen LogP contribution in [0.3, 0.4) is 0 Å². The van der Waals surface area contributed by atoms with Crippen LogP contribution in [0.15, 0.2) is 24.3 Å². The number of hydrogen-bond donors (Lipinski definition) is 1. The van der Waals surface area contributed by atoms with E-state index in [0.29, 0.717) is 12.0 Å². The number of carbonyl (C=O) groups excluding carboxylic acids is 1. The van der Waals surface area contributed by atoms with Crippen LogP contribution in [0.1, 0.15) is 25.8 Å². The number of ether oxygens (including phenoxy) is 1. The summed E-state index contributed by atoms with van der Waals surface area (Å²) in [5.74, 6) is -0.899. The molecule has 0 aliphatic carbocycles. The molecule has 2 N–H and O–H groups in total. The van der Waals surface area contributed by atoms with Crippen molar-refractivity contribution in [3.8, 4) is 0 Å². The largest absolute Gasteiger partial charge is 0.459 e. The van der Waals surface area contributed by atoms with Crippen molar-refractivity contribution < 1.29 is 13.9 Å². The number of halogens is 1. The van der Waals surface area contributed by atoms with E-state index in [9.17, 15) is 9.18 Å². The fourth-order valence-electron chi connectivity index (χ4n) is 1.07. The molecule has 16 heavy (non-hydrogen) atoms. The Morgan fingerprint density at radius 1 is 1.50 bits per heavy atom. The topological polar surface area (TPSA) is 52.3 Å². The molecule has 0 saturated carbocycles. The molecule has 0 aliphatic heterocycles. The molecule has 1 aromatic carbocycles. The Labute approximate surface area is 94.4 Å². The second kappa shape index (κ2) is 5.07. The molecule has 0 radical (unpaired) electrons. The Kier molecular flexibility index (Phi) is 4.01. The lowest BCUT2D eigenvalue weighted by atomic mass is 10.0. The van der Waals surface area contributed by atoms with Crippen molar-refractivity contribution in [3.63, 3.8) is 0 Å². The highest BCUT2D eigenvalue weighted by Crippen LogP contribution is 2.12. The first-order chi connectivity index (χ1) is 7.47. The van der Waals surface area contributed by atoms with Gasteiger partial charge in [-0.2, -0.15) is 0 Å². The van der Waals surface area contributed by atoms with E-state index in [2.05, 4.69) is 0 Å². The lowest BCUT2D eigenvalue weighted by molar-refractivity contribution is -0.151. The lowest BCUT2D eigenvalue weighted by Gasteiger charge is -2.20. The number of nitrogens with two attached hydrogens (primary N) is 1. The van der Waals surface area contributed by atoms with Crippen molar-refractivity contribution in [3.05, 3.63) is 35.6 Å². The zero-order valence-corrected chi connectivity index (χ0v) is 9.50. The van der Waals surface area contributed by atoms with Crippen LogP contribution in [0.5, 0.6) is 0 Å². The summed E-state index contributed by atoms with van der Waals surface area (Å²) in [5.41, 5.74) is 5.03. The summed E-state index contributed by atoms with van der Waals surface area (Å²) >= 11 is 0. The number of benzene rings is 1. The molecule has 3 nitrogen and oxygen atoms in total. The van der Waals surface area contributed by atoms with E-state index < -0.39 is 11.5 Å². The average Bonchev–Trinajstić information content (AvgIpc) is 2.27. The minimum absolute atomic E-state index is 0.0850. The minimum Gasteiger partial charge on any atom is -0.459 e. The van der Waals surface area contributed by atoms with Crippen LogP contribution in [-0.4, -0.2) is 11.5 Å². The Morgan fingerprint density at radius 2 is 2.12 bits per heavy atom. The second-order valence-corrected chi connectivity index (χ2v) is 3.94. The summed E-state index contributed by atoms with van der Waals surface area (Å²) in [4.78, 5) is 11.5. The van der Waals surface area contributed by atoms with Crippen LogP contribution in [0.4, 0.5) is 4.39 Å². The average molecular weight is 225 g/mol. The zero-order valence-electron chi connectivity index (χ0n) is 9.50. The molecule has 1 unspecified atom stereocenters. The Hall–Kier alpha value is -1.42. The third-order valence-electron chi connectivity index (χ3n) is 2.52. The van der Waals surface area contributed by atoms with Gasteiger partial charge in [0, 0.05) is 5.56 Å². The summed E-state index contributed by atoms with van der Waals surface area (Å²) in [6, 6.07) is 6.17. The van der Waals surface area contributed by atoms with Crippen molar-refractivity contribution >= 4 is 5.97 Å². The molecule has 88 valence electrons. The molecule has 0 aliphatic rings. The van der Waals surface area contributed by atoms with Gasteiger partial charge in [-0.25, -0.2) is 4.39 Å². The van der Waals surface area contributed by atoms with Crippen LogP contribution in [0, 0.1) is 5.82 Å². The fourth-order valence-corrected chi connectivity index (χ4v) is 1.07. The van der Waals surface area contributed by atoms with Crippen LogP contribution < -0.4 is 5.73 Å². The van der Waals surface area contributed by atoms with Crippen molar-refractivity contribution in [1.82, 2.24) is 0 Å². The minimum atomic E-state index is -1.01. The van der Waals surface area contributed by atoms with E-state index in [1.165, 1.54) is 6.07 Å². The van der Waals surface area contributed by atoms with Gasteiger partial charge in [-0.15, -0.1) is 0 Å². The first-order valence-corrected chi connectivity index (χ1v) is 5.17. The van der Waals surface area contributed by atoms with E-state index in [-0.39, 0.29) is 12.4 Å². The third-order valence-corrected chi connectivity index (χ3v) is 2.52. The van der Waals surface area contributed by atoms with Crippen LogP contribution in [-0.2, 0) is 16.1 Å². The van der Waals surface area contributed by atoms with E-state index in [1.807, 2.05) is 0 Å². The normalized spacial score (nSPS) is 14.2. The first-order valence-electron chi connectivity index (χ1n) is 5.17. The lowest BCUT2D eigenvalue weighted by Crippen LogP contribution is -2.45. The van der Waals surface area contributed by atoms with E-state index >= 15 is 0 Å². The molecular formula is C12H16FNO2. The van der Waals surface area contributed by atoms with Gasteiger partial charge in [0.1, 0.15) is 18.0 Å². The number of rotatable bonds is 4. The van der Waals surface area contributed by atoms with Gasteiger partial charge in [-0.1, -0.05) is 25.1 Å². The van der Waals surface area contributed by atoms with E-state index in [0.717, 1.165) is 0 Å². The molecule has 1 rings (SSSR count). The highest BCUT2D eigenvalue weighted by molar-refractivity contribution is 5.79. The highest BCUT2D eigenvalue weighted by Gasteiger charge is 2.27. The van der Waals surface area contributed by atoms with Gasteiger partial charge in [-0.05, 0) is 19.4 Å². The second-order valence-electron chi connectivity index (χ2n) is 3.94. The first kappa shape index (κ1) is 12.6. The maximum Gasteiger partial charge on any atom is 0.326 e. The molecule has 0 spiro atoms. The Morgan fingerprint density at radius 3 is 2.69 bits per heavy atom. The van der Waals surface area contributed by atoms with Gasteiger partial charge >= 0.3 is 5.97 Å². The molecular weight excluding hydrogens is 209 g/mol. The van der Waals surface area contributed by atoms with Gasteiger partial charge in [0.25, 0.3) is 0 Å². The molecule has 0 bridgehead atoms. The van der Waals surface area contributed by atoms with Crippen molar-refractivity contribution in [2.24, 2.45) is 5.73 Å². The van der Waals surface area contributed by atoms with Gasteiger partial charge in [0.05, 0.1) is 0 Å². The monoisotopic (exact) mass is 225 g/mol. The summed E-state index contributed by atoms with van der Waals surface area (Å²) in [7, 11) is 0. The van der Waals surface area contributed by atoms with Crippen LogP contribution >= 0.6 is 0 Å². The van der Waals surface area contributed by atoms with Crippen LogP contribution in [0.2, 0.25) is 0 Å². The molecule has 0 fully saturated rings. The molecule has 0 saturated heterocycles. The molecule has 0 aromatic heterocycles. The maximum absolute atomic E-state index is 13.2. The Bertz CT molecular complexity index is 377. The van der Waals surface area contributed by atoms with E-state index in [1.54, 1.807) is 32.0 Å². The molecule has 1 aromatic rings. The smallest absolute Gasteiger partial charge is 0.326 e. The van der Waals surface area contributed by atoms with Gasteiger partial charge in [0.15, 0.2) is 0 Å². The SMILES string of the molecule is CCC(C)(N)C(=O)OCc1ccccc1F. The molecule has 0 heterocycles. The van der Waals surface area contributed by atoms with Crippen molar-refractivity contribution in [2.75, 3.05) is 0 Å². The standard InChI is InChI=1S/C12H16FNO2/c1-3-12(2,14)11(15)16-8-9-6-4-5-7-10(9)13/h4-7H,3,8,14H2,1-2H3. The van der Waals surface area contributed by atoms with Crippen LogP contribution in [0.25, 0.3) is 0 Å². The van der Waals surface area contributed by atoms with Crippen molar-refractivity contribution in [1.29, 1.82) is 0 Å². The van der Waals surface area contributed by atoms with Gasteiger partial charge in [-0.3, -0.25) is 4.79 Å². The Balaban J connectivity index is 2.59. The summed E-state index contributed by atoms with van der Waals surface area (Å²) < 4.78 is 18.2. The predicted molar refractivity (Wildman–Crippen MR) is 59.1 cm³/mol. The molecule has 0 amide bonds. The van der Waals surface area contributed by atoms with Crippen molar-refractivity contribution in [2.45, 2.75) is 32.4 Å². The summed E-state index contributed by atoms with van der Waals surface area (Å²) in [5, 5.41) is 0. The molecule has 1 atom stereocenters. The van der Waals surface area contributed by atoms with E-state index in [4.69, 9.17) is 10.5 Å². The van der Waals surface area contributed by atoms with Gasteiger partial charge < -0.3 is 10.5 Å². The van der Waals surface area contributed by atoms with Gasteiger partial charge in [0.2, 0.25) is 0 Å². The number of esters is 1.